The number of carbonyl (C=O) groups excluding carboxylic acids is 2. The maximum atomic E-state index is 12.3. The predicted molar refractivity (Wildman–Crippen MR) is 100 cm³/mol. The van der Waals surface area contributed by atoms with Crippen LogP contribution in [0.4, 0.5) is 0 Å². The minimum Gasteiger partial charge on any atom is -0.493 e. The number of rotatable bonds is 8. The minimum atomic E-state index is -0.554. The third kappa shape index (κ3) is 5.35. The Hall–Kier alpha value is -2.80. The first-order valence-corrected chi connectivity index (χ1v) is 8.81. The number of thiophene rings is 1. The van der Waals surface area contributed by atoms with Gasteiger partial charge in [0.15, 0.2) is 11.5 Å². The van der Waals surface area contributed by atoms with Crippen molar-refractivity contribution in [2.24, 2.45) is 0 Å². The van der Waals surface area contributed by atoms with Crippen LogP contribution in [0.25, 0.3) is 6.08 Å². The summed E-state index contributed by atoms with van der Waals surface area (Å²) in [6, 6.07) is 6.59. The number of carbonyl (C=O) groups is 2. The normalized spacial score (nSPS) is 11.8. The highest BCUT2D eigenvalue weighted by atomic mass is 32.1. The van der Waals surface area contributed by atoms with E-state index in [1.807, 2.05) is 16.8 Å². The number of hydrogen-bond donors (Lipinski definition) is 1. The first-order valence-electron chi connectivity index (χ1n) is 7.87. The summed E-state index contributed by atoms with van der Waals surface area (Å²) in [5.74, 6) is 0.353. The van der Waals surface area contributed by atoms with Crippen LogP contribution in [0.15, 0.2) is 41.1 Å². The number of ether oxygens (including phenoxy) is 3. The Morgan fingerprint density at radius 3 is 2.54 bits per heavy atom. The van der Waals surface area contributed by atoms with Crippen LogP contribution in [0.5, 0.6) is 11.5 Å². The van der Waals surface area contributed by atoms with E-state index in [0.717, 1.165) is 5.56 Å². The van der Waals surface area contributed by atoms with Crippen molar-refractivity contribution in [3.05, 3.63) is 52.2 Å². The second-order valence-corrected chi connectivity index (χ2v) is 6.13. The molecule has 1 aromatic carbocycles. The van der Waals surface area contributed by atoms with Crippen LogP contribution in [0.2, 0.25) is 0 Å². The molecule has 0 aliphatic rings. The quantitative estimate of drug-likeness (QED) is 0.567. The molecule has 0 radical (unpaired) electrons. The van der Waals surface area contributed by atoms with Gasteiger partial charge in [0.25, 0.3) is 0 Å². The molecule has 0 saturated carbocycles. The van der Waals surface area contributed by atoms with Crippen molar-refractivity contribution in [1.82, 2.24) is 5.32 Å². The summed E-state index contributed by atoms with van der Waals surface area (Å²) in [6.45, 7) is 0. The molecule has 0 aliphatic carbocycles. The topological polar surface area (TPSA) is 73.9 Å². The molecular formula is C19H21NO5S. The molecule has 0 spiro atoms. The lowest BCUT2D eigenvalue weighted by atomic mass is 10.0. The largest absolute Gasteiger partial charge is 0.493 e. The van der Waals surface area contributed by atoms with Gasteiger partial charge in [0.1, 0.15) is 0 Å². The minimum absolute atomic E-state index is 0.00398. The summed E-state index contributed by atoms with van der Waals surface area (Å²) < 4.78 is 15.3. The zero-order valence-electron chi connectivity index (χ0n) is 14.9. The summed E-state index contributed by atoms with van der Waals surface area (Å²) in [7, 11) is 4.38. The number of hydrogen-bond acceptors (Lipinski definition) is 6. The fourth-order valence-electron chi connectivity index (χ4n) is 2.33. The fourth-order valence-corrected chi connectivity index (χ4v) is 2.96. The predicted octanol–water partition coefficient (Wildman–Crippen LogP) is 3.20. The zero-order valence-corrected chi connectivity index (χ0v) is 15.7. The molecule has 0 bridgehead atoms. The van der Waals surface area contributed by atoms with E-state index in [4.69, 9.17) is 14.2 Å². The van der Waals surface area contributed by atoms with Gasteiger partial charge in [-0.3, -0.25) is 9.59 Å². The molecule has 1 amide bonds. The van der Waals surface area contributed by atoms with Crippen molar-refractivity contribution in [1.29, 1.82) is 0 Å². The highest BCUT2D eigenvalue weighted by Gasteiger charge is 2.20. The Morgan fingerprint density at radius 1 is 1.15 bits per heavy atom. The van der Waals surface area contributed by atoms with Crippen LogP contribution in [0, 0.1) is 0 Å². The highest BCUT2D eigenvalue weighted by molar-refractivity contribution is 7.08. The van der Waals surface area contributed by atoms with Gasteiger partial charge < -0.3 is 19.5 Å². The molecule has 0 saturated heterocycles. The monoisotopic (exact) mass is 375 g/mol. The summed E-state index contributed by atoms with van der Waals surface area (Å²) in [4.78, 5) is 24.0. The van der Waals surface area contributed by atoms with Gasteiger partial charge in [-0.25, -0.2) is 0 Å². The van der Waals surface area contributed by atoms with Crippen molar-refractivity contribution in [2.75, 3.05) is 21.3 Å². The van der Waals surface area contributed by atoms with Gasteiger partial charge in [0, 0.05) is 6.08 Å². The summed E-state index contributed by atoms with van der Waals surface area (Å²) in [6.07, 6.45) is 3.16. The molecule has 138 valence electrons. The number of benzene rings is 1. The smallest absolute Gasteiger partial charge is 0.307 e. The Balaban J connectivity index is 2.20. The number of amides is 1. The molecule has 0 aliphatic heterocycles. The molecule has 0 unspecified atom stereocenters. The van der Waals surface area contributed by atoms with Crippen LogP contribution in [-0.2, 0) is 14.3 Å². The molecule has 1 N–H and O–H groups in total. The average Bonchev–Trinajstić information content (AvgIpc) is 3.18. The molecule has 1 aromatic heterocycles. The third-order valence-corrected chi connectivity index (χ3v) is 4.40. The summed E-state index contributed by atoms with van der Waals surface area (Å²) in [5.41, 5.74) is 1.66. The lowest BCUT2D eigenvalue weighted by Gasteiger charge is -2.19. The van der Waals surface area contributed by atoms with E-state index in [0.29, 0.717) is 17.1 Å². The lowest BCUT2D eigenvalue weighted by Crippen LogP contribution is -2.29. The Labute approximate surface area is 156 Å². The van der Waals surface area contributed by atoms with E-state index >= 15 is 0 Å². The Bertz CT molecular complexity index is 770. The second kappa shape index (κ2) is 9.62. The van der Waals surface area contributed by atoms with Crippen molar-refractivity contribution in [2.45, 2.75) is 12.5 Å². The van der Waals surface area contributed by atoms with Gasteiger partial charge >= 0.3 is 5.97 Å². The average molecular weight is 375 g/mol. The molecule has 6 nitrogen and oxygen atoms in total. The molecule has 2 aromatic rings. The zero-order chi connectivity index (χ0) is 18.9. The van der Waals surface area contributed by atoms with Gasteiger partial charge in [0.05, 0.1) is 33.8 Å². The lowest BCUT2D eigenvalue weighted by molar-refractivity contribution is -0.141. The summed E-state index contributed by atoms with van der Waals surface area (Å²) in [5, 5.41) is 6.70. The van der Waals surface area contributed by atoms with Crippen LogP contribution in [-0.4, -0.2) is 33.2 Å². The Kier molecular flexibility index (Phi) is 7.23. The second-order valence-electron chi connectivity index (χ2n) is 5.35. The molecular weight excluding hydrogens is 354 g/mol. The SMILES string of the molecule is COC(=O)C[C@@H](NC(=O)/C=C/c1ccsc1)c1ccc(OC)c(OC)c1. The van der Waals surface area contributed by atoms with Gasteiger partial charge in [-0.2, -0.15) is 11.3 Å². The molecule has 7 heteroatoms. The van der Waals surface area contributed by atoms with E-state index in [1.54, 1.807) is 42.7 Å². The molecule has 1 heterocycles. The highest BCUT2D eigenvalue weighted by Crippen LogP contribution is 2.31. The van der Waals surface area contributed by atoms with E-state index in [9.17, 15) is 9.59 Å². The van der Waals surface area contributed by atoms with Crippen molar-refractivity contribution in [3.63, 3.8) is 0 Å². The summed E-state index contributed by atoms with van der Waals surface area (Å²) >= 11 is 1.55. The van der Waals surface area contributed by atoms with Crippen LogP contribution >= 0.6 is 11.3 Å². The van der Waals surface area contributed by atoms with E-state index < -0.39 is 12.0 Å². The fraction of sp³-hybridized carbons (Fsp3) is 0.263. The van der Waals surface area contributed by atoms with Crippen LogP contribution in [0.3, 0.4) is 0 Å². The van der Waals surface area contributed by atoms with E-state index in [2.05, 4.69) is 5.32 Å². The van der Waals surface area contributed by atoms with Crippen molar-refractivity contribution < 1.29 is 23.8 Å². The number of esters is 1. The van der Waals surface area contributed by atoms with Gasteiger partial charge in [-0.15, -0.1) is 0 Å². The molecule has 0 fully saturated rings. The van der Waals surface area contributed by atoms with Gasteiger partial charge in [0.2, 0.25) is 5.91 Å². The molecule has 26 heavy (non-hydrogen) atoms. The maximum Gasteiger partial charge on any atom is 0.307 e. The van der Waals surface area contributed by atoms with E-state index in [-0.39, 0.29) is 12.3 Å². The maximum absolute atomic E-state index is 12.3. The Morgan fingerprint density at radius 2 is 1.92 bits per heavy atom. The first kappa shape index (κ1) is 19.5. The van der Waals surface area contributed by atoms with Crippen molar-refractivity contribution in [3.8, 4) is 11.5 Å². The van der Waals surface area contributed by atoms with Crippen LogP contribution < -0.4 is 14.8 Å². The number of nitrogens with one attached hydrogen (secondary N) is 1. The van der Waals surface area contributed by atoms with E-state index in [1.165, 1.54) is 20.3 Å². The molecule has 1 atom stereocenters. The van der Waals surface area contributed by atoms with Gasteiger partial charge in [-0.05, 0) is 46.2 Å². The standard InChI is InChI=1S/C19H21NO5S/c1-23-16-6-5-14(10-17(16)24-2)15(11-19(22)25-3)20-18(21)7-4-13-8-9-26-12-13/h4-10,12,15H,11H2,1-3H3,(H,20,21)/b7-4+/t15-/m1/s1. The van der Waals surface area contributed by atoms with Crippen molar-refractivity contribution >= 4 is 29.3 Å². The molecule has 2 rings (SSSR count). The number of methoxy groups -OCH3 is 3. The van der Waals surface area contributed by atoms with Crippen LogP contribution in [0.1, 0.15) is 23.6 Å². The third-order valence-electron chi connectivity index (χ3n) is 3.70. The first-order chi connectivity index (χ1) is 12.6. The van der Waals surface area contributed by atoms with Gasteiger partial charge in [-0.1, -0.05) is 6.07 Å².